The number of nitrogens with zero attached hydrogens (tertiary/aromatic N) is 1. The Morgan fingerprint density at radius 3 is 2.40 bits per heavy atom. The maximum atomic E-state index is 11.9. The molecule has 3 heteroatoms. The van der Waals surface area contributed by atoms with Gasteiger partial charge in [-0.05, 0) is 37.6 Å². The van der Waals surface area contributed by atoms with Crippen molar-refractivity contribution >= 4 is 0 Å². The normalized spacial score (nSPS) is 11.1. The summed E-state index contributed by atoms with van der Waals surface area (Å²) in [6.45, 7) is 6.92. The van der Waals surface area contributed by atoms with E-state index in [0.29, 0.717) is 12.5 Å². The molecule has 0 saturated heterocycles. The molecule has 1 heterocycles. The quantitative estimate of drug-likeness (QED) is 0.926. The van der Waals surface area contributed by atoms with Crippen molar-refractivity contribution in [3.63, 3.8) is 0 Å². The SMILES string of the molecule is CNCc1cn(-c2ccc(C(C)C)cc2)c(C)cc1=O. The largest absolute Gasteiger partial charge is 0.321 e. The Hall–Kier alpha value is -1.87. The molecule has 0 amide bonds. The van der Waals surface area contributed by atoms with Crippen LogP contribution >= 0.6 is 0 Å². The second-order valence-electron chi connectivity index (χ2n) is 5.45. The van der Waals surface area contributed by atoms with Gasteiger partial charge in [-0.1, -0.05) is 26.0 Å². The van der Waals surface area contributed by atoms with E-state index in [4.69, 9.17) is 0 Å². The minimum absolute atomic E-state index is 0.0897. The minimum atomic E-state index is 0.0897. The average molecular weight is 270 g/mol. The second kappa shape index (κ2) is 6.06. The highest BCUT2D eigenvalue weighted by Crippen LogP contribution is 2.17. The van der Waals surface area contributed by atoms with Gasteiger partial charge in [0.15, 0.2) is 5.43 Å². The number of pyridine rings is 1. The lowest BCUT2D eigenvalue weighted by atomic mass is 10.0. The monoisotopic (exact) mass is 270 g/mol. The van der Waals surface area contributed by atoms with E-state index >= 15 is 0 Å². The van der Waals surface area contributed by atoms with Gasteiger partial charge in [0.1, 0.15) is 0 Å². The predicted octanol–water partition coefficient (Wildman–Crippen LogP) is 2.99. The molecule has 0 fully saturated rings. The molecular weight excluding hydrogens is 248 g/mol. The molecule has 0 atom stereocenters. The number of hydrogen-bond donors (Lipinski definition) is 1. The average Bonchev–Trinajstić information content (AvgIpc) is 2.42. The summed E-state index contributed by atoms with van der Waals surface area (Å²) in [7, 11) is 1.85. The molecule has 0 spiro atoms. The van der Waals surface area contributed by atoms with Crippen molar-refractivity contribution in [2.75, 3.05) is 7.05 Å². The second-order valence-corrected chi connectivity index (χ2v) is 5.45. The number of rotatable bonds is 4. The van der Waals surface area contributed by atoms with Crippen LogP contribution < -0.4 is 10.7 Å². The molecule has 0 aliphatic heterocycles. The van der Waals surface area contributed by atoms with Gasteiger partial charge in [-0.15, -0.1) is 0 Å². The van der Waals surface area contributed by atoms with Crippen LogP contribution in [0.2, 0.25) is 0 Å². The van der Waals surface area contributed by atoms with E-state index in [-0.39, 0.29) is 5.43 Å². The molecule has 0 aliphatic rings. The summed E-state index contributed by atoms with van der Waals surface area (Å²) in [5.41, 5.74) is 4.23. The molecule has 20 heavy (non-hydrogen) atoms. The first-order valence-electron chi connectivity index (χ1n) is 7.00. The molecule has 0 saturated carbocycles. The maximum Gasteiger partial charge on any atom is 0.186 e. The fourth-order valence-corrected chi connectivity index (χ4v) is 2.29. The smallest absolute Gasteiger partial charge is 0.186 e. The lowest BCUT2D eigenvalue weighted by molar-refractivity contribution is 0.794. The molecule has 0 unspecified atom stereocenters. The molecule has 2 aromatic rings. The first-order valence-corrected chi connectivity index (χ1v) is 7.00. The number of aryl methyl sites for hydroxylation is 1. The van der Waals surface area contributed by atoms with Crippen LogP contribution in [0.4, 0.5) is 0 Å². The fourth-order valence-electron chi connectivity index (χ4n) is 2.29. The van der Waals surface area contributed by atoms with Crippen LogP contribution in [-0.4, -0.2) is 11.6 Å². The van der Waals surface area contributed by atoms with Gasteiger partial charge in [0.05, 0.1) is 0 Å². The molecule has 0 radical (unpaired) electrons. The molecule has 3 nitrogen and oxygen atoms in total. The van der Waals surface area contributed by atoms with E-state index in [2.05, 4.69) is 48.0 Å². The summed E-state index contributed by atoms with van der Waals surface area (Å²) in [5.74, 6) is 0.527. The zero-order valence-corrected chi connectivity index (χ0v) is 12.6. The molecule has 1 N–H and O–H groups in total. The molecule has 106 valence electrons. The number of hydrogen-bond acceptors (Lipinski definition) is 2. The predicted molar refractivity (Wildman–Crippen MR) is 83.6 cm³/mol. The summed E-state index contributed by atoms with van der Waals surface area (Å²) in [6, 6.07) is 10.2. The van der Waals surface area contributed by atoms with Gasteiger partial charge >= 0.3 is 0 Å². The van der Waals surface area contributed by atoms with Crippen molar-refractivity contribution < 1.29 is 0 Å². The zero-order valence-electron chi connectivity index (χ0n) is 12.6. The number of aromatic nitrogens is 1. The standard InChI is InChI=1S/C17H22N2O/c1-12(2)14-5-7-16(8-6-14)19-11-15(10-18-4)17(20)9-13(19)3/h5-9,11-12,18H,10H2,1-4H3. The Morgan fingerprint density at radius 2 is 1.85 bits per heavy atom. The summed E-state index contributed by atoms with van der Waals surface area (Å²) in [4.78, 5) is 11.9. The lowest BCUT2D eigenvalue weighted by Gasteiger charge is -2.14. The van der Waals surface area contributed by atoms with Gasteiger partial charge in [0, 0.05) is 35.8 Å². The minimum Gasteiger partial charge on any atom is -0.321 e. The first kappa shape index (κ1) is 14.5. The summed E-state index contributed by atoms with van der Waals surface area (Å²) in [5, 5.41) is 3.03. The van der Waals surface area contributed by atoms with Crippen LogP contribution in [0, 0.1) is 6.92 Å². The summed E-state index contributed by atoms with van der Waals surface area (Å²) < 4.78 is 2.07. The third-order valence-electron chi connectivity index (χ3n) is 3.53. The van der Waals surface area contributed by atoms with Gasteiger partial charge in [-0.3, -0.25) is 4.79 Å². The molecule has 1 aromatic carbocycles. The lowest BCUT2D eigenvalue weighted by Crippen LogP contribution is -2.19. The van der Waals surface area contributed by atoms with Gasteiger partial charge in [-0.2, -0.15) is 0 Å². The summed E-state index contributed by atoms with van der Waals surface area (Å²) in [6.07, 6.45) is 1.93. The van der Waals surface area contributed by atoms with Gasteiger partial charge in [-0.25, -0.2) is 0 Å². The van der Waals surface area contributed by atoms with Crippen molar-refractivity contribution in [1.29, 1.82) is 0 Å². The van der Waals surface area contributed by atoms with Crippen LogP contribution in [0.15, 0.2) is 41.3 Å². The van der Waals surface area contributed by atoms with Gasteiger partial charge in [0.25, 0.3) is 0 Å². The number of benzene rings is 1. The van der Waals surface area contributed by atoms with Crippen molar-refractivity contribution in [3.05, 3.63) is 63.6 Å². The van der Waals surface area contributed by atoms with E-state index < -0.39 is 0 Å². The van der Waals surface area contributed by atoms with Crippen molar-refractivity contribution in [2.24, 2.45) is 0 Å². The van der Waals surface area contributed by atoms with Crippen molar-refractivity contribution in [2.45, 2.75) is 33.2 Å². The van der Waals surface area contributed by atoms with Gasteiger partial charge in [0.2, 0.25) is 0 Å². The summed E-state index contributed by atoms with van der Waals surface area (Å²) >= 11 is 0. The van der Waals surface area contributed by atoms with Crippen LogP contribution in [-0.2, 0) is 6.54 Å². The highest BCUT2D eigenvalue weighted by molar-refractivity contribution is 5.38. The Balaban J connectivity index is 2.46. The number of nitrogens with one attached hydrogen (secondary N) is 1. The van der Waals surface area contributed by atoms with E-state index in [1.54, 1.807) is 6.07 Å². The molecular formula is C17H22N2O. The molecule has 0 bridgehead atoms. The third-order valence-corrected chi connectivity index (χ3v) is 3.53. The van der Waals surface area contributed by atoms with Crippen LogP contribution in [0.25, 0.3) is 5.69 Å². The highest BCUT2D eigenvalue weighted by atomic mass is 16.1. The van der Waals surface area contributed by atoms with Crippen LogP contribution in [0.5, 0.6) is 0 Å². The van der Waals surface area contributed by atoms with Crippen LogP contribution in [0.1, 0.15) is 36.6 Å². The van der Waals surface area contributed by atoms with E-state index in [1.807, 2.05) is 20.2 Å². The molecule has 1 aromatic heterocycles. The van der Waals surface area contributed by atoms with E-state index in [9.17, 15) is 4.79 Å². The Kier molecular flexibility index (Phi) is 4.40. The first-order chi connectivity index (χ1) is 9.52. The third kappa shape index (κ3) is 2.99. The van der Waals surface area contributed by atoms with Crippen LogP contribution in [0.3, 0.4) is 0 Å². The Bertz CT molecular complexity index is 639. The van der Waals surface area contributed by atoms with E-state index in [0.717, 1.165) is 16.9 Å². The van der Waals surface area contributed by atoms with E-state index in [1.165, 1.54) is 5.56 Å². The fraction of sp³-hybridized carbons (Fsp3) is 0.353. The zero-order chi connectivity index (χ0) is 14.7. The Morgan fingerprint density at radius 1 is 1.20 bits per heavy atom. The Labute approximate surface area is 120 Å². The molecule has 2 rings (SSSR count). The highest BCUT2D eigenvalue weighted by Gasteiger charge is 2.06. The van der Waals surface area contributed by atoms with Gasteiger partial charge < -0.3 is 9.88 Å². The topological polar surface area (TPSA) is 34.0 Å². The molecule has 0 aliphatic carbocycles. The van der Waals surface area contributed by atoms with Crippen molar-refractivity contribution in [3.8, 4) is 5.69 Å². The van der Waals surface area contributed by atoms with Crippen molar-refractivity contribution in [1.82, 2.24) is 9.88 Å². The maximum absolute atomic E-state index is 11.9.